The van der Waals surface area contributed by atoms with Crippen molar-refractivity contribution in [3.8, 4) is 0 Å². The highest BCUT2D eigenvalue weighted by Gasteiger charge is 2.29. The Balaban J connectivity index is 1.43. The van der Waals surface area contributed by atoms with Gasteiger partial charge in [-0.2, -0.15) is 0 Å². The monoisotopic (exact) mass is 413 g/mol. The SMILES string of the molecule is O=C(c1cc2cc(Br)ccc2o1)N1CCC([C@@H](O)c2ccccc2)CC1. The van der Waals surface area contributed by atoms with Gasteiger partial charge in [0.1, 0.15) is 5.58 Å². The minimum atomic E-state index is -0.475. The smallest absolute Gasteiger partial charge is 0.289 e. The van der Waals surface area contributed by atoms with Crippen molar-refractivity contribution in [1.82, 2.24) is 4.90 Å². The fourth-order valence-electron chi connectivity index (χ4n) is 3.62. The van der Waals surface area contributed by atoms with E-state index >= 15 is 0 Å². The topological polar surface area (TPSA) is 53.7 Å². The van der Waals surface area contributed by atoms with Gasteiger partial charge in [0.25, 0.3) is 5.91 Å². The molecule has 0 saturated carbocycles. The molecule has 3 aromatic rings. The lowest BCUT2D eigenvalue weighted by Crippen LogP contribution is -2.39. The van der Waals surface area contributed by atoms with Crippen LogP contribution >= 0.6 is 15.9 Å². The number of aliphatic hydroxyl groups excluding tert-OH is 1. The number of rotatable bonds is 3. The third kappa shape index (κ3) is 3.41. The molecule has 1 aliphatic heterocycles. The summed E-state index contributed by atoms with van der Waals surface area (Å²) in [6, 6.07) is 17.2. The van der Waals surface area contributed by atoms with Crippen molar-refractivity contribution in [3.63, 3.8) is 0 Å². The second-order valence-corrected chi connectivity index (χ2v) is 7.69. The molecule has 1 fully saturated rings. The minimum Gasteiger partial charge on any atom is -0.451 e. The number of halogens is 1. The maximum absolute atomic E-state index is 12.8. The van der Waals surface area contributed by atoms with Gasteiger partial charge >= 0.3 is 0 Å². The van der Waals surface area contributed by atoms with Gasteiger partial charge in [0.05, 0.1) is 6.10 Å². The van der Waals surface area contributed by atoms with E-state index in [-0.39, 0.29) is 11.8 Å². The Morgan fingerprint density at radius 1 is 1.12 bits per heavy atom. The summed E-state index contributed by atoms with van der Waals surface area (Å²) in [4.78, 5) is 14.6. The van der Waals surface area contributed by atoms with Gasteiger partial charge in [0.2, 0.25) is 0 Å². The molecule has 26 heavy (non-hydrogen) atoms. The zero-order valence-electron chi connectivity index (χ0n) is 14.3. The number of hydrogen-bond acceptors (Lipinski definition) is 3. The Morgan fingerprint density at radius 2 is 1.85 bits per heavy atom. The Bertz CT molecular complexity index is 913. The van der Waals surface area contributed by atoms with Gasteiger partial charge in [-0.1, -0.05) is 46.3 Å². The molecule has 5 heteroatoms. The van der Waals surface area contributed by atoms with Crippen molar-refractivity contribution < 1.29 is 14.3 Å². The molecule has 0 radical (unpaired) electrons. The van der Waals surface area contributed by atoms with Gasteiger partial charge in [-0.25, -0.2) is 0 Å². The summed E-state index contributed by atoms with van der Waals surface area (Å²) in [6.07, 6.45) is 1.10. The molecule has 1 saturated heterocycles. The molecular weight excluding hydrogens is 394 g/mol. The number of furan rings is 1. The quantitative estimate of drug-likeness (QED) is 0.671. The number of likely N-dealkylation sites (tertiary alicyclic amines) is 1. The molecule has 0 unspecified atom stereocenters. The first kappa shape index (κ1) is 17.3. The van der Waals surface area contributed by atoms with Gasteiger partial charge in [-0.05, 0) is 48.6 Å². The molecular formula is C21H20BrNO3. The number of fused-ring (bicyclic) bond motifs is 1. The first-order chi connectivity index (χ1) is 12.6. The summed E-state index contributed by atoms with van der Waals surface area (Å²) < 4.78 is 6.68. The molecule has 0 bridgehead atoms. The van der Waals surface area contributed by atoms with Crippen LogP contribution in [0.5, 0.6) is 0 Å². The molecule has 4 nitrogen and oxygen atoms in total. The minimum absolute atomic E-state index is 0.0787. The Hall–Kier alpha value is -2.11. The molecule has 1 aliphatic rings. The van der Waals surface area contributed by atoms with Crippen LogP contribution in [-0.2, 0) is 0 Å². The van der Waals surface area contributed by atoms with Gasteiger partial charge < -0.3 is 14.4 Å². The Labute approximate surface area is 160 Å². The number of piperidine rings is 1. The lowest BCUT2D eigenvalue weighted by atomic mass is 9.87. The number of carbonyl (C=O) groups excluding carboxylic acids is 1. The molecule has 0 spiro atoms. The lowest BCUT2D eigenvalue weighted by Gasteiger charge is -2.34. The van der Waals surface area contributed by atoms with E-state index in [9.17, 15) is 9.90 Å². The summed E-state index contributed by atoms with van der Waals surface area (Å²) in [5.74, 6) is 0.471. The Morgan fingerprint density at radius 3 is 2.58 bits per heavy atom. The second kappa shape index (κ2) is 7.25. The highest BCUT2D eigenvalue weighted by atomic mass is 79.9. The molecule has 1 atom stereocenters. The maximum Gasteiger partial charge on any atom is 0.289 e. The molecule has 2 aromatic carbocycles. The van der Waals surface area contributed by atoms with E-state index in [0.717, 1.165) is 28.3 Å². The summed E-state index contributed by atoms with van der Waals surface area (Å²) in [5, 5.41) is 11.5. The fraction of sp³-hybridized carbons (Fsp3) is 0.286. The average Bonchev–Trinajstić information content (AvgIpc) is 3.11. The van der Waals surface area contributed by atoms with Gasteiger partial charge in [0.15, 0.2) is 5.76 Å². The highest BCUT2D eigenvalue weighted by molar-refractivity contribution is 9.10. The third-order valence-corrected chi connectivity index (χ3v) is 5.60. The van der Waals surface area contributed by atoms with Crippen LogP contribution in [0.4, 0.5) is 0 Å². The summed E-state index contributed by atoms with van der Waals surface area (Å²) in [6.45, 7) is 1.27. The van der Waals surface area contributed by atoms with Crippen molar-refractivity contribution in [2.75, 3.05) is 13.1 Å². The molecule has 4 rings (SSSR count). The van der Waals surface area contributed by atoms with Crippen LogP contribution in [0.3, 0.4) is 0 Å². The summed E-state index contributed by atoms with van der Waals surface area (Å²) in [5.41, 5.74) is 1.66. The van der Waals surface area contributed by atoms with Crippen LogP contribution < -0.4 is 0 Å². The maximum atomic E-state index is 12.8. The molecule has 1 amide bonds. The molecule has 2 heterocycles. The van der Waals surface area contributed by atoms with Crippen LogP contribution in [-0.4, -0.2) is 29.0 Å². The standard InChI is InChI=1S/C21H20BrNO3/c22-17-6-7-18-16(12-17)13-19(26-18)21(25)23-10-8-15(9-11-23)20(24)14-4-2-1-3-5-14/h1-7,12-13,15,20,24H,8-11H2/t20-/m0/s1. The zero-order chi connectivity index (χ0) is 18.1. The molecule has 134 valence electrons. The fourth-order valence-corrected chi connectivity index (χ4v) is 3.99. The molecule has 1 aromatic heterocycles. The highest BCUT2D eigenvalue weighted by Crippen LogP contribution is 2.31. The van der Waals surface area contributed by atoms with Gasteiger partial charge in [-0.15, -0.1) is 0 Å². The average molecular weight is 414 g/mol. The van der Waals surface area contributed by atoms with E-state index in [1.165, 1.54) is 0 Å². The number of nitrogens with zero attached hydrogens (tertiary/aromatic N) is 1. The van der Waals surface area contributed by atoms with Crippen LogP contribution in [0.2, 0.25) is 0 Å². The van der Waals surface area contributed by atoms with Gasteiger partial charge in [-0.3, -0.25) is 4.79 Å². The van der Waals surface area contributed by atoms with E-state index in [0.29, 0.717) is 24.4 Å². The van der Waals surface area contributed by atoms with Crippen molar-refractivity contribution in [3.05, 3.63) is 70.4 Å². The van der Waals surface area contributed by atoms with E-state index in [1.807, 2.05) is 53.4 Å². The molecule has 0 aliphatic carbocycles. The summed E-state index contributed by atoms with van der Waals surface area (Å²) in [7, 11) is 0. The second-order valence-electron chi connectivity index (χ2n) is 6.78. The predicted molar refractivity (Wildman–Crippen MR) is 104 cm³/mol. The van der Waals surface area contributed by atoms with Crippen molar-refractivity contribution in [1.29, 1.82) is 0 Å². The van der Waals surface area contributed by atoms with Crippen LogP contribution in [0, 0.1) is 5.92 Å². The van der Waals surface area contributed by atoms with Crippen LogP contribution in [0.1, 0.15) is 35.1 Å². The first-order valence-electron chi connectivity index (χ1n) is 8.83. The largest absolute Gasteiger partial charge is 0.451 e. The predicted octanol–water partition coefficient (Wildman–Crippen LogP) is 4.78. The van der Waals surface area contributed by atoms with Crippen molar-refractivity contribution in [2.45, 2.75) is 18.9 Å². The summed E-state index contributed by atoms with van der Waals surface area (Å²) >= 11 is 3.43. The van der Waals surface area contributed by atoms with E-state index in [4.69, 9.17) is 4.42 Å². The van der Waals surface area contributed by atoms with Crippen LogP contribution in [0.15, 0.2) is 63.5 Å². The number of hydrogen-bond donors (Lipinski definition) is 1. The number of carbonyl (C=O) groups is 1. The van der Waals surface area contributed by atoms with Gasteiger partial charge in [0, 0.05) is 22.9 Å². The zero-order valence-corrected chi connectivity index (χ0v) is 15.9. The Kier molecular flexibility index (Phi) is 4.83. The number of benzene rings is 2. The lowest BCUT2D eigenvalue weighted by molar-refractivity contribution is 0.0444. The van der Waals surface area contributed by atoms with Crippen LogP contribution in [0.25, 0.3) is 11.0 Å². The third-order valence-electron chi connectivity index (χ3n) is 5.10. The first-order valence-corrected chi connectivity index (χ1v) is 9.62. The number of amides is 1. The van der Waals surface area contributed by atoms with Crippen molar-refractivity contribution in [2.24, 2.45) is 5.92 Å². The normalized spacial score (nSPS) is 16.8. The number of aliphatic hydroxyl groups is 1. The molecule has 1 N–H and O–H groups in total. The van der Waals surface area contributed by atoms with E-state index in [2.05, 4.69) is 15.9 Å². The van der Waals surface area contributed by atoms with E-state index in [1.54, 1.807) is 6.07 Å². The van der Waals surface area contributed by atoms with Crippen molar-refractivity contribution >= 4 is 32.8 Å². The van der Waals surface area contributed by atoms with E-state index < -0.39 is 6.10 Å².